The average molecular weight is 306 g/mol. The molecule has 0 amide bonds. The van der Waals surface area contributed by atoms with Gasteiger partial charge in [0.15, 0.2) is 4.75 Å². The fraction of sp³-hybridized carbons (Fsp3) is 0.632. The van der Waals surface area contributed by atoms with E-state index in [4.69, 9.17) is 0 Å². The Morgan fingerprint density at radius 3 is 2.29 bits per heavy atom. The molecule has 21 heavy (non-hydrogen) atoms. The van der Waals surface area contributed by atoms with Gasteiger partial charge in [0, 0.05) is 22.4 Å². The lowest BCUT2D eigenvalue weighted by Gasteiger charge is -2.26. The average Bonchev–Trinajstić information content (AvgIpc) is 2.76. The third-order valence-corrected chi connectivity index (χ3v) is 9.08. The van der Waals surface area contributed by atoms with E-state index in [1.54, 1.807) is 0 Å². The highest BCUT2D eigenvalue weighted by Gasteiger charge is 2.53. The topological polar surface area (TPSA) is 17.1 Å². The van der Waals surface area contributed by atoms with Gasteiger partial charge in [-0.15, -0.1) is 0 Å². The maximum atomic E-state index is 13.2. The Morgan fingerprint density at radius 1 is 1.14 bits per heavy atom. The number of hydrogen-bond donors (Lipinski definition) is 0. The molecule has 1 aromatic rings. The first kappa shape index (κ1) is 16.6. The van der Waals surface area contributed by atoms with Gasteiger partial charge in [-0.1, -0.05) is 19.1 Å². The van der Waals surface area contributed by atoms with Crippen molar-refractivity contribution >= 4 is 16.7 Å². The smallest absolute Gasteiger partial charge is 0.217 e. The first-order valence-corrected chi connectivity index (χ1v) is 9.45. The van der Waals surface area contributed by atoms with Crippen LogP contribution in [0.5, 0.6) is 0 Å². The van der Waals surface area contributed by atoms with Crippen molar-refractivity contribution in [1.29, 1.82) is 0 Å². The first-order chi connectivity index (χ1) is 9.67. The fourth-order valence-electron chi connectivity index (χ4n) is 3.38. The van der Waals surface area contributed by atoms with Crippen molar-refractivity contribution in [3.63, 3.8) is 0 Å². The first-order valence-electron chi connectivity index (χ1n) is 7.99. The molecule has 1 saturated heterocycles. The molecule has 1 fully saturated rings. The molecule has 1 aromatic carbocycles. The van der Waals surface area contributed by atoms with Gasteiger partial charge >= 0.3 is 0 Å². The van der Waals surface area contributed by atoms with E-state index >= 15 is 0 Å². The van der Waals surface area contributed by atoms with E-state index in [1.807, 2.05) is 6.07 Å². The number of carbonyl (C=O) groups excluding carboxylic acids is 1. The Bertz CT molecular complexity index is 559. The molecule has 3 atom stereocenters. The molecule has 0 N–H and O–H groups in total. The zero-order chi connectivity index (χ0) is 15.9. The normalized spacial score (nSPS) is 26.1. The third-order valence-electron chi connectivity index (χ3n) is 5.55. The van der Waals surface area contributed by atoms with Crippen molar-refractivity contribution in [2.45, 2.75) is 64.9 Å². The highest BCUT2D eigenvalue weighted by Crippen LogP contribution is 2.38. The van der Waals surface area contributed by atoms with Crippen LogP contribution in [0.25, 0.3) is 0 Å². The van der Waals surface area contributed by atoms with Gasteiger partial charge in [-0.05, 0) is 64.7 Å². The molecule has 0 bridgehead atoms. The molecule has 0 saturated carbocycles. The summed E-state index contributed by atoms with van der Waals surface area (Å²) in [6, 6.07) is 4.13. The molecule has 0 aromatic heterocycles. The number of hydrogen-bond acceptors (Lipinski definition) is 1. The van der Waals surface area contributed by atoms with Gasteiger partial charge in [-0.25, -0.2) is 0 Å². The summed E-state index contributed by atoms with van der Waals surface area (Å²) in [4.78, 5) is 13.2. The van der Waals surface area contributed by atoms with Crippen LogP contribution in [-0.2, 0) is 10.9 Å². The van der Waals surface area contributed by atoms with E-state index in [0.29, 0.717) is 11.0 Å². The predicted molar refractivity (Wildman–Crippen MR) is 94.5 cm³/mol. The maximum Gasteiger partial charge on any atom is 0.217 e. The molecule has 2 heteroatoms. The second-order valence-electron chi connectivity index (χ2n) is 7.12. The van der Waals surface area contributed by atoms with Crippen molar-refractivity contribution in [2.24, 2.45) is 5.92 Å². The van der Waals surface area contributed by atoms with Crippen molar-refractivity contribution in [3.8, 4) is 0 Å². The van der Waals surface area contributed by atoms with Crippen LogP contribution >= 0.6 is 0 Å². The second-order valence-corrected chi connectivity index (χ2v) is 10.2. The van der Waals surface area contributed by atoms with E-state index in [-0.39, 0.29) is 15.6 Å². The van der Waals surface area contributed by atoms with Crippen LogP contribution in [-0.4, -0.2) is 21.5 Å². The van der Waals surface area contributed by atoms with Crippen LogP contribution in [0, 0.1) is 26.7 Å². The summed E-state index contributed by atoms with van der Waals surface area (Å²) >= 11 is 0. The highest BCUT2D eigenvalue weighted by molar-refractivity contribution is 7.99. The molecule has 1 nitrogen and oxygen atoms in total. The summed E-state index contributed by atoms with van der Waals surface area (Å²) < 4.78 is -0.239. The Kier molecular flexibility index (Phi) is 4.58. The molecular weight excluding hydrogens is 276 g/mol. The number of Topliss-reactive ketones (excluding diaryl/α,β-unsaturated/α-hetero) is 1. The highest BCUT2D eigenvalue weighted by atomic mass is 32.2. The lowest BCUT2D eigenvalue weighted by Crippen LogP contribution is -2.45. The number of ketones is 1. The molecular formula is C19H29OS+. The monoisotopic (exact) mass is 305 g/mol. The minimum atomic E-state index is -0.239. The second kappa shape index (κ2) is 5.79. The lowest BCUT2D eigenvalue weighted by atomic mass is 9.92. The molecule has 116 valence electrons. The van der Waals surface area contributed by atoms with E-state index in [1.165, 1.54) is 23.3 Å². The molecule has 3 unspecified atom stereocenters. The van der Waals surface area contributed by atoms with Crippen molar-refractivity contribution in [2.75, 3.05) is 5.75 Å². The van der Waals surface area contributed by atoms with Crippen molar-refractivity contribution in [1.82, 2.24) is 0 Å². The molecule has 1 aliphatic rings. The maximum absolute atomic E-state index is 13.2. The summed E-state index contributed by atoms with van der Waals surface area (Å²) in [7, 11) is 0.187. The van der Waals surface area contributed by atoms with Gasteiger partial charge in [-0.3, -0.25) is 4.79 Å². The third kappa shape index (κ3) is 2.79. The summed E-state index contributed by atoms with van der Waals surface area (Å²) in [6.45, 7) is 15.3. The number of rotatable bonds is 3. The van der Waals surface area contributed by atoms with Crippen LogP contribution in [0.2, 0.25) is 0 Å². The lowest BCUT2D eigenvalue weighted by molar-refractivity contribution is 0.0955. The van der Waals surface area contributed by atoms with Gasteiger partial charge in [0.05, 0.1) is 0 Å². The van der Waals surface area contributed by atoms with Crippen molar-refractivity contribution in [3.05, 3.63) is 34.4 Å². The number of benzene rings is 1. The fourth-order valence-corrected chi connectivity index (χ4v) is 6.86. The van der Waals surface area contributed by atoms with Gasteiger partial charge in [0.1, 0.15) is 11.0 Å². The minimum Gasteiger partial charge on any atom is -0.288 e. The van der Waals surface area contributed by atoms with Gasteiger partial charge in [0.25, 0.3) is 0 Å². The van der Waals surface area contributed by atoms with Gasteiger partial charge in [0.2, 0.25) is 5.78 Å². The van der Waals surface area contributed by atoms with Gasteiger partial charge in [-0.2, -0.15) is 0 Å². The molecule has 0 spiro atoms. The Morgan fingerprint density at radius 2 is 1.76 bits per heavy atom. The quantitative estimate of drug-likeness (QED) is 0.588. The predicted octanol–water partition coefficient (Wildman–Crippen LogP) is 4.62. The van der Waals surface area contributed by atoms with Crippen LogP contribution in [0.15, 0.2) is 12.1 Å². The van der Waals surface area contributed by atoms with E-state index in [0.717, 1.165) is 17.0 Å². The van der Waals surface area contributed by atoms with E-state index in [9.17, 15) is 4.79 Å². The molecule has 1 heterocycles. The largest absolute Gasteiger partial charge is 0.288 e. The number of aryl methyl sites for hydroxylation is 1. The summed E-state index contributed by atoms with van der Waals surface area (Å²) in [6.07, 6.45) is 1.27. The zero-order valence-corrected chi connectivity index (χ0v) is 15.4. The van der Waals surface area contributed by atoms with E-state index in [2.05, 4.69) is 54.5 Å². The molecule has 1 aliphatic heterocycles. The Labute approximate surface area is 132 Å². The zero-order valence-electron chi connectivity index (χ0n) is 14.5. The van der Waals surface area contributed by atoms with Crippen LogP contribution in [0.1, 0.15) is 61.2 Å². The summed E-state index contributed by atoms with van der Waals surface area (Å²) in [5, 5.41) is 0.663. The number of carbonyl (C=O) groups is 1. The van der Waals surface area contributed by atoms with Gasteiger partial charge < -0.3 is 0 Å². The standard InChI is InChI=1S/C19H29OS/c1-12-8-9-17(15(4)14(12)3)18(20)19(6,7)21-11-10-13(2)16(21)5/h8-9,13,16H,10-11H2,1-7H3/q+1. The molecule has 0 aliphatic carbocycles. The van der Waals surface area contributed by atoms with E-state index < -0.39 is 0 Å². The molecule has 0 radical (unpaired) electrons. The Balaban J connectivity index is 2.37. The minimum absolute atomic E-state index is 0.187. The van der Waals surface area contributed by atoms with Crippen LogP contribution in [0.3, 0.4) is 0 Å². The summed E-state index contributed by atoms with van der Waals surface area (Å²) in [5.41, 5.74) is 4.62. The summed E-state index contributed by atoms with van der Waals surface area (Å²) in [5.74, 6) is 2.30. The SMILES string of the molecule is Cc1ccc(C(=O)C(C)(C)[S+]2CCC(C)C2C)c(C)c1C. The van der Waals surface area contributed by atoms with Crippen LogP contribution in [0.4, 0.5) is 0 Å². The van der Waals surface area contributed by atoms with Crippen molar-refractivity contribution < 1.29 is 4.79 Å². The Hall–Kier alpha value is -0.760. The molecule has 2 rings (SSSR count). The van der Waals surface area contributed by atoms with Crippen LogP contribution < -0.4 is 0 Å².